The van der Waals surface area contributed by atoms with Gasteiger partial charge in [0.2, 0.25) is 0 Å². The highest BCUT2D eigenvalue weighted by molar-refractivity contribution is 6.31. The van der Waals surface area contributed by atoms with E-state index < -0.39 is 0 Å². The lowest BCUT2D eigenvalue weighted by atomic mass is 9.99. The van der Waals surface area contributed by atoms with Gasteiger partial charge >= 0.3 is 0 Å². The zero-order valence-corrected chi connectivity index (χ0v) is 17.2. The molecule has 156 valence electrons. The lowest BCUT2D eigenvalue weighted by molar-refractivity contribution is 0.0724. The fourth-order valence-corrected chi connectivity index (χ4v) is 3.86. The minimum Gasteiger partial charge on any atom is -0.486 e. The zero-order chi connectivity index (χ0) is 21.2. The normalized spacial score (nSPS) is 13.1. The molecule has 0 spiro atoms. The number of halogens is 1. The second-order valence-corrected chi connectivity index (χ2v) is 7.56. The molecule has 4 aromatic rings. The molecule has 0 atom stereocenters. The van der Waals surface area contributed by atoms with E-state index in [9.17, 15) is 4.79 Å². The molecule has 8 nitrogen and oxygen atoms in total. The number of hydrogen-bond acceptors (Lipinski definition) is 6. The van der Waals surface area contributed by atoms with E-state index in [0.29, 0.717) is 24.6 Å². The smallest absolute Gasteiger partial charge is 0.276 e. The third-order valence-electron chi connectivity index (χ3n) is 5.18. The molecule has 9 heteroatoms. The monoisotopic (exact) mass is 435 g/mol. The van der Waals surface area contributed by atoms with Crippen LogP contribution in [0.15, 0.2) is 65.7 Å². The number of hydrogen-bond donors (Lipinski definition) is 0. The number of nitrogens with zero attached hydrogens (tertiary/aromatic N) is 5. The van der Waals surface area contributed by atoms with Gasteiger partial charge in [0.05, 0.1) is 5.69 Å². The molecule has 1 aliphatic heterocycles. The standard InChI is InChI=1S/C22H18ClN5O3/c23-20-3-1-2-15-11-27(9-8-19(15)20)22(29)21-10-18(31-26-21)12-30-17-6-4-16(5-7-17)28-14-24-13-25-28/h1-7,10,13-14H,8-9,11-12H2. The SMILES string of the molecule is O=C(c1cc(COc2ccc(-n3cncn3)cc2)on1)N1CCc2c(Cl)cccc2C1. The van der Waals surface area contributed by atoms with E-state index in [4.69, 9.17) is 20.9 Å². The van der Waals surface area contributed by atoms with Gasteiger partial charge in [0.15, 0.2) is 11.5 Å². The maximum Gasteiger partial charge on any atom is 0.276 e. The van der Waals surface area contributed by atoms with Gasteiger partial charge in [-0.1, -0.05) is 28.9 Å². The lowest BCUT2D eigenvalue weighted by Gasteiger charge is -2.28. The first kappa shape index (κ1) is 19.3. The van der Waals surface area contributed by atoms with Crippen LogP contribution in [0.25, 0.3) is 5.69 Å². The second-order valence-electron chi connectivity index (χ2n) is 7.16. The Morgan fingerprint density at radius 1 is 1.19 bits per heavy atom. The molecular formula is C22H18ClN5O3. The summed E-state index contributed by atoms with van der Waals surface area (Å²) in [7, 11) is 0. The molecule has 0 saturated heterocycles. The number of rotatable bonds is 5. The number of amides is 1. The molecule has 2 aromatic heterocycles. The predicted molar refractivity (Wildman–Crippen MR) is 112 cm³/mol. The van der Waals surface area contributed by atoms with Crippen molar-refractivity contribution in [2.24, 2.45) is 0 Å². The van der Waals surface area contributed by atoms with Crippen LogP contribution in [0.1, 0.15) is 27.4 Å². The maximum absolute atomic E-state index is 12.8. The highest BCUT2D eigenvalue weighted by Gasteiger charge is 2.25. The number of carbonyl (C=O) groups excluding carboxylic acids is 1. The third-order valence-corrected chi connectivity index (χ3v) is 5.53. The topological polar surface area (TPSA) is 86.3 Å². The molecular weight excluding hydrogens is 418 g/mol. The molecule has 3 heterocycles. The summed E-state index contributed by atoms with van der Waals surface area (Å²) in [5.74, 6) is 0.972. The molecule has 31 heavy (non-hydrogen) atoms. The van der Waals surface area contributed by atoms with Gasteiger partial charge in [0, 0.05) is 24.2 Å². The Morgan fingerprint density at radius 3 is 2.87 bits per heavy atom. The van der Waals surface area contributed by atoms with E-state index in [1.54, 1.807) is 22.0 Å². The Balaban J connectivity index is 1.21. The average Bonchev–Trinajstić information content (AvgIpc) is 3.50. The van der Waals surface area contributed by atoms with Crippen molar-refractivity contribution in [3.8, 4) is 11.4 Å². The fraction of sp³-hybridized carbons (Fsp3) is 0.182. The third kappa shape index (κ3) is 4.02. The van der Waals surface area contributed by atoms with Crippen molar-refractivity contribution in [1.82, 2.24) is 24.8 Å². The van der Waals surface area contributed by atoms with Gasteiger partial charge in [0.25, 0.3) is 5.91 Å². The maximum atomic E-state index is 12.8. The van der Waals surface area contributed by atoms with Gasteiger partial charge in [-0.25, -0.2) is 9.67 Å². The van der Waals surface area contributed by atoms with E-state index in [2.05, 4.69) is 15.2 Å². The van der Waals surface area contributed by atoms with Gasteiger partial charge in [-0.2, -0.15) is 5.10 Å². The van der Waals surface area contributed by atoms with Crippen molar-refractivity contribution in [2.75, 3.05) is 6.54 Å². The fourth-order valence-electron chi connectivity index (χ4n) is 3.57. The van der Waals surface area contributed by atoms with Crippen LogP contribution in [0.3, 0.4) is 0 Å². The molecule has 0 N–H and O–H groups in total. The lowest BCUT2D eigenvalue weighted by Crippen LogP contribution is -2.36. The van der Waals surface area contributed by atoms with Crippen LogP contribution < -0.4 is 4.74 Å². The summed E-state index contributed by atoms with van der Waals surface area (Å²) < 4.78 is 12.7. The van der Waals surface area contributed by atoms with Crippen LogP contribution in [0.4, 0.5) is 0 Å². The summed E-state index contributed by atoms with van der Waals surface area (Å²) in [5, 5.41) is 8.77. The predicted octanol–water partition coefficient (Wildman–Crippen LogP) is 3.69. The van der Waals surface area contributed by atoms with Crippen LogP contribution in [0.2, 0.25) is 5.02 Å². The molecule has 0 radical (unpaired) electrons. The van der Waals surface area contributed by atoms with E-state index in [1.807, 2.05) is 42.5 Å². The largest absolute Gasteiger partial charge is 0.486 e. The van der Waals surface area contributed by atoms with Crippen molar-refractivity contribution >= 4 is 17.5 Å². The zero-order valence-electron chi connectivity index (χ0n) is 16.4. The van der Waals surface area contributed by atoms with Crippen LogP contribution in [0.5, 0.6) is 5.75 Å². The summed E-state index contributed by atoms with van der Waals surface area (Å²) in [6, 6.07) is 14.8. The van der Waals surface area contributed by atoms with Gasteiger partial charge in [-0.05, 0) is 47.9 Å². The first-order chi connectivity index (χ1) is 15.2. The molecule has 0 unspecified atom stereocenters. The molecule has 1 amide bonds. The van der Waals surface area contributed by atoms with Crippen LogP contribution in [-0.2, 0) is 19.6 Å². The molecule has 1 aliphatic rings. The first-order valence-electron chi connectivity index (χ1n) is 9.76. The summed E-state index contributed by atoms with van der Waals surface area (Å²) in [6.45, 7) is 1.26. The number of aromatic nitrogens is 4. The highest BCUT2D eigenvalue weighted by atomic mass is 35.5. The molecule has 0 aliphatic carbocycles. The summed E-state index contributed by atoms with van der Waals surface area (Å²) in [5.41, 5.74) is 3.32. The van der Waals surface area contributed by atoms with Crippen LogP contribution in [-0.4, -0.2) is 37.3 Å². The average molecular weight is 436 g/mol. The van der Waals surface area contributed by atoms with Crippen molar-refractivity contribution in [3.05, 3.63) is 88.8 Å². The second kappa shape index (κ2) is 8.23. The quantitative estimate of drug-likeness (QED) is 0.475. The molecule has 0 fully saturated rings. The number of benzene rings is 2. The number of carbonyl (C=O) groups is 1. The Bertz CT molecular complexity index is 1200. The Hall–Kier alpha value is -3.65. The van der Waals surface area contributed by atoms with Crippen LogP contribution in [0, 0.1) is 0 Å². The number of ether oxygens (including phenoxy) is 1. The highest BCUT2D eigenvalue weighted by Crippen LogP contribution is 2.26. The summed E-state index contributed by atoms with van der Waals surface area (Å²) >= 11 is 6.26. The molecule has 0 saturated carbocycles. The van der Waals surface area contributed by atoms with Crippen molar-refractivity contribution < 1.29 is 14.1 Å². The number of fused-ring (bicyclic) bond motifs is 1. The van der Waals surface area contributed by atoms with Gasteiger partial charge in [-0.15, -0.1) is 0 Å². The minimum absolute atomic E-state index is 0.168. The van der Waals surface area contributed by atoms with E-state index >= 15 is 0 Å². The molecule has 5 rings (SSSR count). The minimum atomic E-state index is -0.169. The van der Waals surface area contributed by atoms with E-state index in [1.165, 1.54) is 6.33 Å². The van der Waals surface area contributed by atoms with Gasteiger partial charge in [0.1, 0.15) is 25.0 Å². The molecule has 0 bridgehead atoms. The van der Waals surface area contributed by atoms with E-state index in [0.717, 1.165) is 28.3 Å². The van der Waals surface area contributed by atoms with E-state index in [-0.39, 0.29) is 18.2 Å². The van der Waals surface area contributed by atoms with Crippen molar-refractivity contribution in [3.63, 3.8) is 0 Å². The first-order valence-corrected chi connectivity index (χ1v) is 10.1. The Kier molecular flexibility index (Phi) is 5.13. The van der Waals surface area contributed by atoms with Gasteiger partial charge < -0.3 is 14.2 Å². The summed E-state index contributed by atoms with van der Waals surface area (Å²) in [4.78, 5) is 18.5. The molecule has 2 aromatic carbocycles. The Morgan fingerprint density at radius 2 is 2.06 bits per heavy atom. The Labute approximate surface area is 183 Å². The van der Waals surface area contributed by atoms with Crippen molar-refractivity contribution in [1.29, 1.82) is 0 Å². The van der Waals surface area contributed by atoms with Crippen molar-refractivity contribution in [2.45, 2.75) is 19.6 Å². The van der Waals surface area contributed by atoms with Crippen LogP contribution >= 0.6 is 11.6 Å². The summed E-state index contributed by atoms with van der Waals surface area (Å²) in [6.07, 6.45) is 3.82. The van der Waals surface area contributed by atoms with Gasteiger partial charge in [-0.3, -0.25) is 4.79 Å².